The molecule has 4 aromatic rings. The molecule has 0 unspecified atom stereocenters. The maximum absolute atomic E-state index is 11.3. The van der Waals surface area contributed by atoms with Crippen LogP contribution >= 0.6 is 0 Å². The molecule has 0 aliphatic heterocycles. The summed E-state index contributed by atoms with van der Waals surface area (Å²) in [5.41, 5.74) is 5.06. The second kappa shape index (κ2) is 7.82. The Kier molecular flexibility index (Phi) is 4.91. The van der Waals surface area contributed by atoms with E-state index >= 15 is 0 Å². The number of rotatable bonds is 5. The minimum atomic E-state index is -0.560. The van der Waals surface area contributed by atoms with E-state index in [1.54, 1.807) is 24.8 Å². The largest absolute Gasteiger partial charge is 0.472 e. The van der Waals surface area contributed by atoms with Gasteiger partial charge in [-0.2, -0.15) is 0 Å². The van der Waals surface area contributed by atoms with Crippen LogP contribution in [0.2, 0.25) is 0 Å². The molecular weight excluding hydrogens is 366 g/mol. The van der Waals surface area contributed by atoms with E-state index in [2.05, 4.69) is 44.6 Å². The number of nitrogens with zero attached hydrogens (tertiary/aromatic N) is 3. The molecule has 1 aromatic carbocycles. The summed E-state index contributed by atoms with van der Waals surface area (Å²) < 4.78 is 5.14. The summed E-state index contributed by atoms with van der Waals surface area (Å²) in [5.74, 6) is 2.39. The number of aryl methyl sites for hydroxylation is 1. The third kappa shape index (κ3) is 4.06. The van der Waals surface area contributed by atoms with Crippen molar-refractivity contribution in [3.8, 4) is 12.3 Å². The normalized spacial score (nSPS) is 10.5. The van der Waals surface area contributed by atoms with E-state index < -0.39 is 5.91 Å². The number of amides is 1. The molecule has 7 nitrogen and oxygen atoms in total. The van der Waals surface area contributed by atoms with Gasteiger partial charge in [0.1, 0.15) is 18.0 Å². The van der Waals surface area contributed by atoms with Gasteiger partial charge in [0.2, 0.25) is 0 Å². The van der Waals surface area contributed by atoms with Gasteiger partial charge < -0.3 is 9.73 Å². The molecule has 3 aromatic heterocycles. The Bertz CT molecular complexity index is 1230. The van der Waals surface area contributed by atoms with E-state index in [9.17, 15) is 4.79 Å². The number of furan rings is 1. The maximum atomic E-state index is 11.3. The topological polar surface area (TPSA) is 92.9 Å². The van der Waals surface area contributed by atoms with E-state index in [0.717, 1.165) is 28.6 Å². The van der Waals surface area contributed by atoms with E-state index in [-0.39, 0.29) is 0 Å². The van der Waals surface area contributed by atoms with Crippen molar-refractivity contribution in [1.29, 1.82) is 0 Å². The summed E-state index contributed by atoms with van der Waals surface area (Å²) >= 11 is 0. The van der Waals surface area contributed by atoms with Crippen LogP contribution in [0, 0.1) is 19.3 Å². The minimum Gasteiger partial charge on any atom is -0.472 e. The highest BCUT2D eigenvalue weighted by molar-refractivity contribution is 6.04. The first-order chi connectivity index (χ1) is 14.1. The fraction of sp³-hybridized carbons (Fsp3) is 0.0909. The zero-order chi connectivity index (χ0) is 20.2. The molecule has 0 radical (unpaired) electrons. The average molecular weight is 383 g/mol. The molecule has 3 heterocycles. The Morgan fingerprint density at radius 1 is 1.21 bits per heavy atom. The first-order valence-corrected chi connectivity index (χ1v) is 8.88. The number of fused-ring (bicyclic) bond motifs is 1. The Labute approximate surface area is 167 Å². The number of pyridine rings is 1. The number of carbonyl (C=O) groups is 1. The van der Waals surface area contributed by atoms with E-state index in [1.807, 2.05) is 18.1 Å². The van der Waals surface area contributed by atoms with E-state index in [1.165, 1.54) is 11.9 Å². The molecule has 0 aliphatic rings. The van der Waals surface area contributed by atoms with Gasteiger partial charge in [-0.05, 0) is 47.7 Å². The first-order valence-electron chi connectivity index (χ1n) is 8.88. The van der Waals surface area contributed by atoms with Crippen LogP contribution in [0.3, 0.4) is 0 Å². The number of anilines is 3. The van der Waals surface area contributed by atoms with Crippen molar-refractivity contribution in [1.82, 2.24) is 15.0 Å². The zero-order valence-electron chi connectivity index (χ0n) is 15.6. The highest BCUT2D eigenvalue weighted by Crippen LogP contribution is 2.26. The van der Waals surface area contributed by atoms with Gasteiger partial charge in [0, 0.05) is 24.4 Å². The average Bonchev–Trinajstić information content (AvgIpc) is 3.23. The molecule has 0 aliphatic carbocycles. The third-order valence-electron chi connectivity index (χ3n) is 4.47. The lowest BCUT2D eigenvalue weighted by atomic mass is 10.0. The molecule has 0 saturated heterocycles. The fourth-order valence-electron chi connectivity index (χ4n) is 2.99. The van der Waals surface area contributed by atoms with Crippen LogP contribution in [0.4, 0.5) is 17.3 Å². The predicted molar refractivity (Wildman–Crippen MR) is 111 cm³/mol. The van der Waals surface area contributed by atoms with Crippen LogP contribution in [-0.2, 0) is 11.2 Å². The summed E-state index contributed by atoms with van der Waals surface area (Å²) in [7, 11) is 0. The second-order valence-electron chi connectivity index (χ2n) is 6.48. The van der Waals surface area contributed by atoms with Gasteiger partial charge in [0.05, 0.1) is 23.4 Å². The van der Waals surface area contributed by atoms with Crippen molar-refractivity contribution >= 4 is 34.1 Å². The van der Waals surface area contributed by atoms with Gasteiger partial charge >= 0.3 is 5.91 Å². The van der Waals surface area contributed by atoms with Crippen LogP contribution in [-0.4, -0.2) is 20.9 Å². The van der Waals surface area contributed by atoms with Crippen molar-refractivity contribution in [3.05, 3.63) is 72.1 Å². The van der Waals surface area contributed by atoms with Crippen molar-refractivity contribution in [3.63, 3.8) is 0 Å². The molecule has 1 amide bonds. The van der Waals surface area contributed by atoms with Gasteiger partial charge in [-0.25, -0.2) is 15.0 Å². The molecule has 0 fully saturated rings. The van der Waals surface area contributed by atoms with Crippen LogP contribution in [0.25, 0.3) is 10.9 Å². The summed E-state index contributed by atoms with van der Waals surface area (Å²) in [6, 6.07) is 9.77. The molecular formula is C22H17N5O2. The maximum Gasteiger partial charge on any atom is 0.301 e. The van der Waals surface area contributed by atoms with Crippen LogP contribution in [0.5, 0.6) is 0 Å². The lowest BCUT2D eigenvalue weighted by Crippen LogP contribution is -2.09. The molecule has 2 N–H and O–H groups in total. The summed E-state index contributed by atoms with van der Waals surface area (Å²) in [6.07, 6.45) is 12.4. The minimum absolute atomic E-state index is 0.338. The number of terminal acetylenes is 1. The summed E-state index contributed by atoms with van der Waals surface area (Å²) in [4.78, 5) is 24.1. The molecule has 0 spiro atoms. The first kappa shape index (κ1) is 18.2. The smallest absolute Gasteiger partial charge is 0.301 e. The number of hydrogen-bond donors (Lipinski definition) is 2. The number of benzene rings is 1. The van der Waals surface area contributed by atoms with E-state index in [0.29, 0.717) is 17.2 Å². The third-order valence-corrected chi connectivity index (χ3v) is 4.47. The molecule has 142 valence electrons. The number of nitrogens with one attached hydrogen (secondary N) is 2. The Balaban J connectivity index is 1.58. The van der Waals surface area contributed by atoms with Gasteiger partial charge in [0.15, 0.2) is 0 Å². The van der Waals surface area contributed by atoms with Gasteiger partial charge in [-0.1, -0.05) is 6.07 Å². The molecule has 0 bridgehead atoms. The Hall–Kier alpha value is -4.18. The monoisotopic (exact) mass is 383 g/mol. The van der Waals surface area contributed by atoms with Crippen LogP contribution in [0.1, 0.15) is 16.7 Å². The molecule has 0 atom stereocenters. The van der Waals surface area contributed by atoms with Gasteiger partial charge in [0.25, 0.3) is 0 Å². The lowest BCUT2D eigenvalue weighted by Gasteiger charge is -2.11. The number of aromatic nitrogens is 3. The van der Waals surface area contributed by atoms with Crippen molar-refractivity contribution in [2.24, 2.45) is 0 Å². The molecule has 0 saturated carbocycles. The summed E-state index contributed by atoms with van der Waals surface area (Å²) in [5, 5.41) is 6.55. The molecule has 7 heteroatoms. The number of carbonyl (C=O) groups excluding carboxylic acids is 1. The molecule has 4 rings (SSSR count). The quantitative estimate of drug-likeness (QED) is 0.509. The second-order valence-corrected chi connectivity index (χ2v) is 6.48. The van der Waals surface area contributed by atoms with Crippen LogP contribution < -0.4 is 10.6 Å². The summed E-state index contributed by atoms with van der Waals surface area (Å²) in [6.45, 7) is 2.07. The lowest BCUT2D eigenvalue weighted by molar-refractivity contribution is -0.111. The SMILES string of the molecule is C#CC(=O)Nc1cc2ncnc(Nc3ccc(Cc4ccoc4)c(C)c3)c2cn1. The van der Waals surface area contributed by atoms with Crippen molar-refractivity contribution < 1.29 is 9.21 Å². The highest BCUT2D eigenvalue weighted by Gasteiger charge is 2.09. The Morgan fingerprint density at radius 3 is 2.86 bits per heavy atom. The predicted octanol–water partition coefficient (Wildman–Crippen LogP) is 3.83. The van der Waals surface area contributed by atoms with Gasteiger partial charge in [-0.3, -0.25) is 10.1 Å². The van der Waals surface area contributed by atoms with E-state index in [4.69, 9.17) is 10.8 Å². The van der Waals surface area contributed by atoms with Crippen molar-refractivity contribution in [2.45, 2.75) is 13.3 Å². The fourth-order valence-corrected chi connectivity index (χ4v) is 2.99. The highest BCUT2D eigenvalue weighted by atomic mass is 16.3. The molecule has 29 heavy (non-hydrogen) atoms. The van der Waals surface area contributed by atoms with Crippen LogP contribution in [0.15, 0.2) is 59.8 Å². The van der Waals surface area contributed by atoms with Gasteiger partial charge in [-0.15, -0.1) is 6.42 Å². The zero-order valence-corrected chi connectivity index (χ0v) is 15.6. The Morgan fingerprint density at radius 2 is 2.10 bits per heavy atom. The standard InChI is InChI=1S/C22H17N5O2/c1-3-21(28)27-20-10-19-18(11-23-20)22(25-13-24-19)26-17-5-4-16(14(2)8-17)9-15-6-7-29-12-15/h1,4-8,10-13H,9H2,2H3,(H,23,27,28)(H,24,25,26). The number of hydrogen-bond acceptors (Lipinski definition) is 6. The van der Waals surface area contributed by atoms with Crippen molar-refractivity contribution in [2.75, 3.05) is 10.6 Å².